The van der Waals surface area contributed by atoms with Crippen LogP contribution >= 0.6 is 0 Å². The minimum Gasteiger partial charge on any atom is -0.598 e. The molecule has 4 heteroatoms. The van der Waals surface area contributed by atoms with Crippen molar-refractivity contribution in [1.82, 2.24) is 4.72 Å². The minimum atomic E-state index is -1.12. The van der Waals surface area contributed by atoms with Gasteiger partial charge in [0.05, 0.1) is 17.7 Å². The molecule has 0 spiro atoms. The summed E-state index contributed by atoms with van der Waals surface area (Å²) < 4.78 is 14.8. The van der Waals surface area contributed by atoms with Crippen molar-refractivity contribution >= 4 is 11.4 Å². The van der Waals surface area contributed by atoms with Gasteiger partial charge in [0, 0.05) is 11.4 Å². The van der Waals surface area contributed by atoms with Crippen LogP contribution in [0.15, 0.2) is 18.2 Å². The van der Waals surface area contributed by atoms with Crippen LogP contribution in [-0.4, -0.2) is 9.30 Å². The van der Waals surface area contributed by atoms with Crippen LogP contribution in [0, 0.1) is 18.3 Å². The Morgan fingerprint density at radius 1 is 1.33 bits per heavy atom. The molecule has 0 aliphatic heterocycles. The zero-order chi connectivity index (χ0) is 13.9. The van der Waals surface area contributed by atoms with Gasteiger partial charge in [0.25, 0.3) is 0 Å². The largest absolute Gasteiger partial charge is 0.598 e. The first-order chi connectivity index (χ1) is 8.24. The van der Waals surface area contributed by atoms with E-state index in [-0.39, 0.29) is 10.8 Å². The highest BCUT2D eigenvalue weighted by molar-refractivity contribution is 7.90. The maximum atomic E-state index is 12.0. The highest BCUT2D eigenvalue weighted by Crippen LogP contribution is 2.21. The number of nitrogens with zero attached hydrogens (tertiary/aromatic N) is 1. The third kappa shape index (κ3) is 4.02. The number of rotatable bonds is 3. The fourth-order valence-corrected chi connectivity index (χ4v) is 2.34. The second-order valence-corrected chi connectivity index (χ2v) is 7.46. The Bertz CT molecular complexity index is 460. The minimum absolute atomic E-state index is 0.0444. The monoisotopic (exact) mass is 264 g/mol. The molecule has 0 radical (unpaired) electrons. The zero-order valence-electron chi connectivity index (χ0n) is 11.6. The van der Waals surface area contributed by atoms with Crippen molar-refractivity contribution < 1.29 is 4.55 Å². The molecule has 1 unspecified atom stereocenters. The molecule has 1 aromatic rings. The standard InChI is InChI=1S/C14H20N2OS/c1-10-6-12(9-15)8-13(7-10)11(2)16-18(17)14(3,4)5/h6-8,11,16H,1-5H3/t11?,18-/m1/s1. The molecule has 2 atom stereocenters. The van der Waals surface area contributed by atoms with Gasteiger partial charge in [-0.1, -0.05) is 6.07 Å². The number of aryl methyl sites for hydroxylation is 1. The smallest absolute Gasteiger partial charge is 0.136 e. The van der Waals surface area contributed by atoms with E-state index in [9.17, 15) is 4.55 Å². The van der Waals surface area contributed by atoms with Crippen molar-refractivity contribution in [3.05, 3.63) is 34.9 Å². The fourth-order valence-electron chi connectivity index (χ4n) is 1.53. The van der Waals surface area contributed by atoms with Crippen LogP contribution in [-0.2, 0) is 11.4 Å². The Labute approximate surface area is 113 Å². The summed E-state index contributed by atoms with van der Waals surface area (Å²) in [6.45, 7) is 9.71. The Balaban J connectivity index is 2.88. The lowest BCUT2D eigenvalue weighted by Crippen LogP contribution is -2.40. The molecule has 18 heavy (non-hydrogen) atoms. The molecule has 98 valence electrons. The van der Waals surface area contributed by atoms with Crippen molar-refractivity contribution in [2.24, 2.45) is 0 Å². The first kappa shape index (κ1) is 15.0. The molecule has 0 fully saturated rings. The van der Waals surface area contributed by atoms with Crippen LogP contribution in [0.3, 0.4) is 0 Å². The number of nitriles is 1. The molecule has 0 bridgehead atoms. The predicted molar refractivity (Wildman–Crippen MR) is 75.3 cm³/mol. The van der Waals surface area contributed by atoms with Gasteiger partial charge in [0.15, 0.2) is 0 Å². The topological polar surface area (TPSA) is 58.9 Å². The van der Waals surface area contributed by atoms with Gasteiger partial charge in [-0.2, -0.15) is 5.26 Å². The molecule has 1 N–H and O–H groups in total. The van der Waals surface area contributed by atoms with Gasteiger partial charge in [-0.25, -0.2) is 0 Å². The van der Waals surface area contributed by atoms with Crippen molar-refractivity contribution in [2.75, 3.05) is 0 Å². The number of benzene rings is 1. The van der Waals surface area contributed by atoms with E-state index in [0.29, 0.717) is 5.56 Å². The normalized spacial score (nSPS) is 14.9. The predicted octanol–water partition coefficient (Wildman–Crippen LogP) is 2.98. The molecular formula is C14H20N2OS. The highest BCUT2D eigenvalue weighted by atomic mass is 32.2. The van der Waals surface area contributed by atoms with Gasteiger partial charge >= 0.3 is 0 Å². The van der Waals surface area contributed by atoms with Crippen LogP contribution in [0.1, 0.15) is 50.4 Å². The fraction of sp³-hybridized carbons (Fsp3) is 0.500. The van der Waals surface area contributed by atoms with Gasteiger partial charge in [-0.3, -0.25) is 0 Å². The summed E-state index contributed by atoms with van der Waals surface area (Å²) in [6, 6.07) is 7.79. The second-order valence-electron chi connectivity index (χ2n) is 5.46. The van der Waals surface area contributed by atoms with Crippen LogP contribution in [0.2, 0.25) is 0 Å². The first-order valence-corrected chi connectivity index (χ1v) is 7.09. The van der Waals surface area contributed by atoms with E-state index >= 15 is 0 Å². The van der Waals surface area contributed by atoms with Crippen molar-refractivity contribution in [3.8, 4) is 6.07 Å². The van der Waals surface area contributed by atoms with E-state index in [2.05, 4.69) is 10.8 Å². The van der Waals surface area contributed by atoms with Crippen LogP contribution < -0.4 is 4.72 Å². The second kappa shape index (κ2) is 5.75. The molecule has 0 saturated heterocycles. The summed E-state index contributed by atoms with van der Waals surface area (Å²) in [4.78, 5) is 0. The van der Waals surface area contributed by atoms with Gasteiger partial charge in [0.2, 0.25) is 0 Å². The van der Waals surface area contributed by atoms with Gasteiger partial charge in [0.1, 0.15) is 4.75 Å². The molecule has 0 aromatic heterocycles. The molecule has 1 rings (SSSR count). The zero-order valence-corrected chi connectivity index (χ0v) is 12.4. The lowest BCUT2D eigenvalue weighted by atomic mass is 10.0. The van der Waals surface area contributed by atoms with Crippen molar-refractivity contribution in [1.29, 1.82) is 5.26 Å². The number of nitrogens with one attached hydrogen (secondary N) is 1. The maximum absolute atomic E-state index is 12.0. The number of hydrogen-bond donors (Lipinski definition) is 1. The summed E-state index contributed by atoms with van der Waals surface area (Å²) in [5.41, 5.74) is 2.67. The van der Waals surface area contributed by atoms with E-state index in [4.69, 9.17) is 5.26 Å². The lowest BCUT2D eigenvalue weighted by Gasteiger charge is -2.26. The Morgan fingerprint density at radius 2 is 1.94 bits per heavy atom. The first-order valence-electron chi connectivity index (χ1n) is 5.94. The van der Waals surface area contributed by atoms with E-state index in [0.717, 1.165) is 11.1 Å². The number of hydrogen-bond acceptors (Lipinski definition) is 3. The van der Waals surface area contributed by atoms with Crippen LogP contribution in [0.4, 0.5) is 0 Å². The summed E-state index contributed by atoms with van der Waals surface area (Å²) in [5, 5.41) is 8.95. The molecule has 0 aliphatic carbocycles. The Morgan fingerprint density at radius 3 is 2.44 bits per heavy atom. The summed E-state index contributed by atoms with van der Waals surface area (Å²) >= 11 is -1.12. The van der Waals surface area contributed by atoms with Crippen LogP contribution in [0.25, 0.3) is 0 Å². The van der Waals surface area contributed by atoms with Crippen molar-refractivity contribution in [2.45, 2.75) is 45.4 Å². The molecule has 0 aliphatic rings. The van der Waals surface area contributed by atoms with E-state index < -0.39 is 11.4 Å². The summed E-state index contributed by atoms with van der Waals surface area (Å²) in [5.74, 6) is 0. The van der Waals surface area contributed by atoms with E-state index in [1.165, 1.54) is 0 Å². The molecule has 0 amide bonds. The highest BCUT2D eigenvalue weighted by Gasteiger charge is 2.28. The molecule has 1 aromatic carbocycles. The summed E-state index contributed by atoms with van der Waals surface area (Å²) in [7, 11) is 0. The molecular weight excluding hydrogens is 244 g/mol. The van der Waals surface area contributed by atoms with Gasteiger partial charge < -0.3 is 4.55 Å². The third-order valence-electron chi connectivity index (χ3n) is 2.57. The molecule has 0 saturated carbocycles. The van der Waals surface area contributed by atoms with Crippen molar-refractivity contribution in [3.63, 3.8) is 0 Å². The average Bonchev–Trinajstić information content (AvgIpc) is 2.26. The average molecular weight is 264 g/mol. The van der Waals surface area contributed by atoms with E-state index in [1.807, 2.05) is 52.8 Å². The Hall–Kier alpha value is -1.02. The van der Waals surface area contributed by atoms with Gasteiger partial charge in [-0.05, 0) is 57.9 Å². The summed E-state index contributed by atoms with van der Waals surface area (Å²) in [6.07, 6.45) is 0. The lowest BCUT2D eigenvalue weighted by molar-refractivity contribution is 0.531. The molecule has 3 nitrogen and oxygen atoms in total. The van der Waals surface area contributed by atoms with Gasteiger partial charge in [-0.15, -0.1) is 4.72 Å². The quantitative estimate of drug-likeness (QED) is 0.854. The van der Waals surface area contributed by atoms with E-state index in [1.54, 1.807) is 0 Å². The third-order valence-corrected chi connectivity index (χ3v) is 4.25. The SMILES string of the molecule is Cc1cc(C#N)cc(C(C)N[S@+]([O-])C(C)(C)C)c1. The Kier molecular flexibility index (Phi) is 4.80. The maximum Gasteiger partial charge on any atom is 0.136 e. The molecule has 0 heterocycles. The van der Waals surface area contributed by atoms with Crippen LogP contribution in [0.5, 0.6) is 0 Å².